The molecule has 3 aromatic rings. The summed E-state index contributed by atoms with van der Waals surface area (Å²) in [6, 6.07) is 16.7. The Hall–Kier alpha value is -3.26. The Labute approximate surface area is 175 Å². The molecule has 6 nitrogen and oxygen atoms in total. The van der Waals surface area contributed by atoms with Gasteiger partial charge >= 0.3 is 0 Å². The van der Waals surface area contributed by atoms with Crippen LogP contribution in [0, 0.1) is 5.82 Å². The summed E-state index contributed by atoms with van der Waals surface area (Å²) < 4.78 is 57.7. The number of hydrogen-bond donors (Lipinski definition) is 0. The van der Waals surface area contributed by atoms with Crippen molar-refractivity contribution < 1.29 is 27.0 Å². The molecule has 0 amide bonds. The number of hydrogen-bond acceptors (Lipinski definition) is 5. The molecule has 3 aromatic carbocycles. The van der Waals surface area contributed by atoms with Gasteiger partial charge in [0.15, 0.2) is 0 Å². The van der Waals surface area contributed by atoms with Gasteiger partial charge in [0, 0.05) is 12.1 Å². The molecular weight excluding hydrogens is 409 g/mol. The van der Waals surface area contributed by atoms with Crippen molar-refractivity contribution in [3.8, 4) is 17.2 Å². The number of halogens is 1. The first-order chi connectivity index (χ1) is 14.4. The second-order valence-corrected chi connectivity index (χ2v) is 8.17. The first kappa shape index (κ1) is 21.4. The number of para-hydroxylation sites is 1. The van der Waals surface area contributed by atoms with Crippen LogP contribution in [0.3, 0.4) is 0 Å². The Morgan fingerprint density at radius 3 is 1.90 bits per heavy atom. The highest BCUT2D eigenvalue weighted by atomic mass is 32.2. The minimum absolute atomic E-state index is 0.0285. The molecule has 3 rings (SSSR count). The molecule has 0 bridgehead atoms. The lowest BCUT2D eigenvalue weighted by molar-refractivity contribution is 0.369. The normalized spacial score (nSPS) is 11.1. The predicted octanol–water partition coefficient (Wildman–Crippen LogP) is 4.25. The van der Waals surface area contributed by atoms with E-state index in [9.17, 15) is 12.8 Å². The summed E-state index contributed by atoms with van der Waals surface area (Å²) in [5.74, 6) is 0.835. The zero-order chi connectivity index (χ0) is 21.7. The largest absolute Gasteiger partial charge is 0.496 e. The van der Waals surface area contributed by atoms with E-state index in [-0.39, 0.29) is 11.4 Å². The van der Waals surface area contributed by atoms with Gasteiger partial charge in [0.05, 0.1) is 44.0 Å². The lowest BCUT2D eigenvalue weighted by Gasteiger charge is -2.26. The molecule has 0 aliphatic carbocycles. The number of rotatable bonds is 8. The van der Waals surface area contributed by atoms with Crippen LogP contribution in [0.25, 0.3) is 0 Å². The van der Waals surface area contributed by atoms with Gasteiger partial charge in [-0.1, -0.05) is 18.2 Å². The highest BCUT2D eigenvalue weighted by Gasteiger charge is 2.28. The van der Waals surface area contributed by atoms with Gasteiger partial charge in [-0.25, -0.2) is 12.8 Å². The molecule has 0 aromatic heterocycles. The third kappa shape index (κ3) is 4.33. The summed E-state index contributed by atoms with van der Waals surface area (Å²) in [7, 11) is 0.477. The van der Waals surface area contributed by atoms with Crippen molar-refractivity contribution >= 4 is 15.7 Å². The third-order valence-electron chi connectivity index (χ3n) is 4.56. The Morgan fingerprint density at radius 2 is 1.40 bits per heavy atom. The van der Waals surface area contributed by atoms with Crippen molar-refractivity contribution in [1.29, 1.82) is 0 Å². The van der Waals surface area contributed by atoms with Crippen molar-refractivity contribution in [2.75, 3.05) is 25.6 Å². The molecule has 0 spiro atoms. The van der Waals surface area contributed by atoms with E-state index in [0.29, 0.717) is 28.5 Å². The molecule has 0 atom stereocenters. The topological polar surface area (TPSA) is 65.1 Å². The molecule has 0 heterocycles. The zero-order valence-electron chi connectivity index (χ0n) is 16.8. The number of methoxy groups -OCH3 is 3. The van der Waals surface area contributed by atoms with Crippen molar-refractivity contribution in [3.63, 3.8) is 0 Å². The Bertz CT molecular complexity index is 1080. The van der Waals surface area contributed by atoms with Crippen LogP contribution in [0.15, 0.2) is 71.6 Å². The van der Waals surface area contributed by atoms with Gasteiger partial charge in [0.2, 0.25) is 0 Å². The predicted molar refractivity (Wildman–Crippen MR) is 112 cm³/mol. The Balaban J connectivity index is 2.15. The van der Waals surface area contributed by atoms with Gasteiger partial charge in [-0.3, -0.25) is 4.31 Å². The summed E-state index contributed by atoms with van der Waals surface area (Å²) in [4.78, 5) is -0.0285. The number of sulfonamides is 1. The SMILES string of the molecule is COc1cc(OC)c(CN(c2ccccc2)S(=O)(=O)c2ccc(F)cc2)c(OC)c1. The van der Waals surface area contributed by atoms with E-state index in [4.69, 9.17) is 14.2 Å². The van der Waals surface area contributed by atoms with Crippen LogP contribution in [0.5, 0.6) is 17.2 Å². The quantitative estimate of drug-likeness (QED) is 0.534. The van der Waals surface area contributed by atoms with Crippen LogP contribution in [-0.2, 0) is 16.6 Å². The van der Waals surface area contributed by atoms with E-state index in [1.54, 1.807) is 42.5 Å². The summed E-state index contributed by atoms with van der Waals surface area (Å²) in [5.41, 5.74) is 0.970. The van der Waals surface area contributed by atoms with Crippen LogP contribution < -0.4 is 18.5 Å². The second kappa shape index (κ2) is 9.04. The lowest BCUT2D eigenvalue weighted by atomic mass is 10.1. The summed E-state index contributed by atoms with van der Waals surface area (Å²) >= 11 is 0. The maximum atomic E-state index is 13.5. The van der Waals surface area contributed by atoms with Gasteiger partial charge in [0.1, 0.15) is 23.1 Å². The van der Waals surface area contributed by atoms with Gasteiger partial charge < -0.3 is 14.2 Å². The van der Waals surface area contributed by atoms with Crippen LogP contribution in [0.4, 0.5) is 10.1 Å². The fourth-order valence-corrected chi connectivity index (χ4v) is 4.45. The average Bonchev–Trinajstić information content (AvgIpc) is 2.77. The van der Waals surface area contributed by atoms with E-state index in [0.717, 1.165) is 12.1 Å². The first-order valence-electron chi connectivity index (χ1n) is 9.03. The van der Waals surface area contributed by atoms with Gasteiger partial charge in [-0.15, -0.1) is 0 Å². The van der Waals surface area contributed by atoms with Crippen molar-refractivity contribution in [3.05, 3.63) is 78.1 Å². The third-order valence-corrected chi connectivity index (χ3v) is 6.35. The van der Waals surface area contributed by atoms with Crippen LogP contribution >= 0.6 is 0 Å². The van der Waals surface area contributed by atoms with E-state index in [1.165, 1.54) is 37.8 Å². The molecule has 0 N–H and O–H groups in total. The van der Waals surface area contributed by atoms with E-state index < -0.39 is 15.8 Å². The summed E-state index contributed by atoms with van der Waals surface area (Å²) in [6.07, 6.45) is 0. The smallest absolute Gasteiger partial charge is 0.264 e. The Kier molecular flexibility index (Phi) is 6.47. The molecular formula is C22H22FNO5S. The van der Waals surface area contributed by atoms with Gasteiger partial charge in [0.25, 0.3) is 10.0 Å². The summed E-state index contributed by atoms with van der Waals surface area (Å²) in [5, 5.41) is 0. The first-order valence-corrected chi connectivity index (χ1v) is 10.5. The van der Waals surface area contributed by atoms with E-state index >= 15 is 0 Å². The molecule has 30 heavy (non-hydrogen) atoms. The Morgan fingerprint density at radius 1 is 0.833 bits per heavy atom. The minimum Gasteiger partial charge on any atom is -0.496 e. The fourth-order valence-electron chi connectivity index (χ4n) is 3.02. The van der Waals surface area contributed by atoms with E-state index in [2.05, 4.69) is 0 Å². The molecule has 0 unspecified atom stereocenters. The van der Waals surface area contributed by atoms with Crippen LogP contribution in [0.2, 0.25) is 0 Å². The monoisotopic (exact) mass is 431 g/mol. The number of nitrogens with zero attached hydrogens (tertiary/aromatic N) is 1. The molecule has 0 aliphatic rings. The molecule has 158 valence electrons. The molecule has 0 saturated heterocycles. The van der Waals surface area contributed by atoms with Crippen LogP contribution in [-0.4, -0.2) is 29.7 Å². The summed E-state index contributed by atoms with van der Waals surface area (Å²) in [6.45, 7) is -0.0694. The molecule has 0 saturated carbocycles. The maximum absolute atomic E-state index is 13.5. The van der Waals surface area contributed by atoms with Gasteiger partial charge in [-0.2, -0.15) is 0 Å². The van der Waals surface area contributed by atoms with Crippen molar-refractivity contribution in [2.45, 2.75) is 11.4 Å². The number of anilines is 1. The van der Waals surface area contributed by atoms with Crippen molar-refractivity contribution in [1.82, 2.24) is 0 Å². The van der Waals surface area contributed by atoms with Crippen molar-refractivity contribution in [2.24, 2.45) is 0 Å². The number of benzene rings is 3. The minimum atomic E-state index is -4.01. The maximum Gasteiger partial charge on any atom is 0.264 e. The molecule has 8 heteroatoms. The number of ether oxygens (including phenoxy) is 3. The standard InChI is InChI=1S/C22H22FNO5S/c1-27-18-13-21(28-2)20(22(14-18)29-3)15-24(17-7-5-4-6-8-17)30(25,26)19-11-9-16(23)10-12-19/h4-14H,15H2,1-3H3. The average molecular weight is 431 g/mol. The molecule has 0 radical (unpaired) electrons. The lowest BCUT2D eigenvalue weighted by Crippen LogP contribution is -2.31. The van der Waals surface area contributed by atoms with Crippen LogP contribution in [0.1, 0.15) is 5.56 Å². The van der Waals surface area contributed by atoms with Gasteiger partial charge in [-0.05, 0) is 36.4 Å². The fraction of sp³-hybridized carbons (Fsp3) is 0.182. The highest BCUT2D eigenvalue weighted by molar-refractivity contribution is 7.92. The second-order valence-electron chi connectivity index (χ2n) is 6.31. The molecule has 0 aliphatic heterocycles. The molecule has 0 fully saturated rings. The highest BCUT2D eigenvalue weighted by Crippen LogP contribution is 2.37. The van der Waals surface area contributed by atoms with E-state index in [1.807, 2.05) is 0 Å². The zero-order valence-corrected chi connectivity index (χ0v) is 17.6.